The van der Waals surface area contributed by atoms with Gasteiger partial charge in [-0.15, -0.1) is 0 Å². The molecule has 17 heavy (non-hydrogen) atoms. The summed E-state index contributed by atoms with van der Waals surface area (Å²) in [6, 6.07) is 1.77. The Morgan fingerprint density at radius 3 is 2.71 bits per heavy atom. The van der Waals surface area contributed by atoms with Gasteiger partial charge in [-0.1, -0.05) is 0 Å². The normalized spacial score (nSPS) is 10.1. The third-order valence-corrected chi connectivity index (χ3v) is 2.12. The maximum Gasteiger partial charge on any atom is 0.224 e. The fraction of sp³-hybridized carbons (Fsp3) is 0.364. The lowest BCUT2D eigenvalue weighted by Gasteiger charge is -2.08. The molecule has 0 aromatic heterocycles. The van der Waals surface area contributed by atoms with Crippen molar-refractivity contribution in [2.24, 2.45) is 5.73 Å². The molecule has 1 amide bonds. The number of anilines is 1. The summed E-state index contributed by atoms with van der Waals surface area (Å²) >= 11 is 0. The highest BCUT2D eigenvalue weighted by atomic mass is 19.1. The van der Waals surface area contributed by atoms with Gasteiger partial charge in [-0.25, -0.2) is 8.78 Å². The van der Waals surface area contributed by atoms with Crippen molar-refractivity contribution < 1.29 is 18.3 Å². The molecule has 0 aliphatic heterocycles. The Hall–Kier alpha value is -1.69. The van der Waals surface area contributed by atoms with Gasteiger partial charge >= 0.3 is 0 Å². The Bertz CT molecular complexity index is 411. The van der Waals surface area contributed by atoms with Crippen LogP contribution in [0.5, 0.6) is 5.75 Å². The van der Waals surface area contributed by atoms with Gasteiger partial charge in [0.15, 0.2) is 17.4 Å². The molecule has 0 atom stereocenters. The molecule has 0 saturated heterocycles. The fourth-order valence-electron chi connectivity index (χ4n) is 1.26. The van der Waals surface area contributed by atoms with Gasteiger partial charge in [0.1, 0.15) is 0 Å². The molecular weight excluding hydrogens is 230 g/mol. The maximum absolute atomic E-state index is 13.4. The predicted octanol–water partition coefficient (Wildman–Crippen LogP) is 1.65. The van der Waals surface area contributed by atoms with Crippen LogP contribution in [-0.2, 0) is 4.79 Å². The van der Waals surface area contributed by atoms with Crippen LogP contribution < -0.4 is 15.8 Å². The summed E-state index contributed by atoms with van der Waals surface area (Å²) in [6.07, 6.45) is 0.662. The van der Waals surface area contributed by atoms with Crippen LogP contribution in [0.15, 0.2) is 12.1 Å². The Kier molecular flexibility index (Phi) is 4.84. The van der Waals surface area contributed by atoms with Crippen LogP contribution in [-0.4, -0.2) is 19.6 Å². The number of halogens is 2. The first-order valence-corrected chi connectivity index (χ1v) is 5.11. The standard InChI is InChI=1S/C11H14F2N2O2/c1-17-10-6-7(12)9(5-8(10)13)15-11(16)3-2-4-14/h5-6H,2-4,14H2,1H3,(H,15,16). The summed E-state index contributed by atoms with van der Waals surface area (Å²) in [7, 11) is 1.23. The van der Waals surface area contributed by atoms with Gasteiger partial charge in [0, 0.05) is 18.6 Å². The molecule has 0 spiro atoms. The molecule has 94 valence electrons. The van der Waals surface area contributed by atoms with Crippen molar-refractivity contribution >= 4 is 11.6 Å². The minimum absolute atomic E-state index is 0.170. The maximum atomic E-state index is 13.4. The number of carbonyl (C=O) groups is 1. The molecule has 6 heteroatoms. The van der Waals surface area contributed by atoms with Crippen LogP contribution >= 0.6 is 0 Å². The molecule has 0 radical (unpaired) electrons. The van der Waals surface area contributed by atoms with Crippen LogP contribution in [0.4, 0.5) is 14.5 Å². The van der Waals surface area contributed by atoms with Gasteiger partial charge in [0.05, 0.1) is 12.8 Å². The SMILES string of the molecule is COc1cc(F)c(NC(=O)CCCN)cc1F. The van der Waals surface area contributed by atoms with E-state index in [1.165, 1.54) is 7.11 Å². The minimum Gasteiger partial charge on any atom is -0.494 e. The van der Waals surface area contributed by atoms with E-state index in [9.17, 15) is 13.6 Å². The van der Waals surface area contributed by atoms with Gasteiger partial charge in [-0.05, 0) is 13.0 Å². The first kappa shape index (κ1) is 13.4. The highest BCUT2D eigenvalue weighted by Gasteiger charge is 2.12. The average Bonchev–Trinajstić information content (AvgIpc) is 2.30. The number of nitrogens with one attached hydrogen (secondary N) is 1. The van der Waals surface area contributed by atoms with E-state index >= 15 is 0 Å². The van der Waals surface area contributed by atoms with Crippen LogP contribution in [0, 0.1) is 11.6 Å². The summed E-state index contributed by atoms with van der Waals surface area (Å²) in [5.74, 6) is -2.09. The van der Waals surface area contributed by atoms with Gasteiger partial charge in [0.2, 0.25) is 5.91 Å². The van der Waals surface area contributed by atoms with Crippen LogP contribution in [0.3, 0.4) is 0 Å². The van der Waals surface area contributed by atoms with E-state index < -0.39 is 17.5 Å². The van der Waals surface area contributed by atoms with E-state index in [-0.39, 0.29) is 17.9 Å². The second kappa shape index (κ2) is 6.15. The van der Waals surface area contributed by atoms with Crippen molar-refractivity contribution in [1.29, 1.82) is 0 Å². The van der Waals surface area contributed by atoms with E-state index in [4.69, 9.17) is 5.73 Å². The zero-order valence-corrected chi connectivity index (χ0v) is 9.43. The largest absolute Gasteiger partial charge is 0.494 e. The highest BCUT2D eigenvalue weighted by molar-refractivity contribution is 5.90. The van der Waals surface area contributed by atoms with Crippen molar-refractivity contribution in [3.05, 3.63) is 23.8 Å². The first-order valence-electron chi connectivity index (χ1n) is 5.11. The molecule has 0 bridgehead atoms. The van der Waals surface area contributed by atoms with Gasteiger partial charge in [0.25, 0.3) is 0 Å². The molecule has 0 aliphatic carbocycles. The molecule has 0 saturated carbocycles. The highest BCUT2D eigenvalue weighted by Crippen LogP contribution is 2.24. The Morgan fingerprint density at radius 2 is 2.12 bits per heavy atom. The number of amides is 1. The summed E-state index contributed by atoms with van der Waals surface area (Å²) in [5.41, 5.74) is 5.03. The summed E-state index contributed by atoms with van der Waals surface area (Å²) < 4.78 is 31.3. The molecule has 3 N–H and O–H groups in total. The number of hydrogen-bond donors (Lipinski definition) is 2. The lowest BCUT2D eigenvalue weighted by Crippen LogP contribution is -2.14. The molecule has 0 unspecified atom stereocenters. The second-order valence-corrected chi connectivity index (χ2v) is 3.41. The number of ether oxygens (including phenoxy) is 1. The lowest BCUT2D eigenvalue weighted by atomic mass is 10.2. The zero-order chi connectivity index (χ0) is 12.8. The summed E-state index contributed by atoms with van der Waals surface area (Å²) in [6.45, 7) is 0.368. The van der Waals surface area contributed by atoms with Gasteiger partial charge in [-0.3, -0.25) is 4.79 Å². The van der Waals surface area contributed by atoms with Crippen molar-refractivity contribution in [3.63, 3.8) is 0 Å². The van der Waals surface area contributed by atoms with Crippen molar-refractivity contribution in [2.75, 3.05) is 19.0 Å². The van der Waals surface area contributed by atoms with E-state index in [2.05, 4.69) is 10.1 Å². The van der Waals surface area contributed by atoms with E-state index in [1.54, 1.807) is 0 Å². The summed E-state index contributed by atoms with van der Waals surface area (Å²) in [5, 5.41) is 2.27. The van der Waals surface area contributed by atoms with Crippen molar-refractivity contribution in [1.82, 2.24) is 0 Å². The smallest absolute Gasteiger partial charge is 0.224 e. The number of hydrogen-bond acceptors (Lipinski definition) is 3. The van der Waals surface area contributed by atoms with E-state index in [0.717, 1.165) is 12.1 Å². The molecule has 4 nitrogen and oxygen atoms in total. The van der Waals surface area contributed by atoms with Gasteiger partial charge in [-0.2, -0.15) is 0 Å². The Balaban J connectivity index is 2.78. The summed E-state index contributed by atoms with van der Waals surface area (Å²) in [4.78, 5) is 11.3. The van der Waals surface area contributed by atoms with E-state index in [0.29, 0.717) is 13.0 Å². The number of benzene rings is 1. The Morgan fingerprint density at radius 1 is 1.41 bits per heavy atom. The fourth-order valence-corrected chi connectivity index (χ4v) is 1.26. The third-order valence-electron chi connectivity index (χ3n) is 2.12. The topological polar surface area (TPSA) is 64.3 Å². The number of methoxy groups -OCH3 is 1. The number of rotatable bonds is 5. The average molecular weight is 244 g/mol. The van der Waals surface area contributed by atoms with Crippen LogP contribution in [0.1, 0.15) is 12.8 Å². The number of carbonyl (C=O) groups excluding carboxylic acids is 1. The van der Waals surface area contributed by atoms with Crippen molar-refractivity contribution in [3.8, 4) is 5.75 Å². The van der Waals surface area contributed by atoms with Gasteiger partial charge < -0.3 is 15.8 Å². The van der Waals surface area contributed by atoms with Crippen LogP contribution in [0.25, 0.3) is 0 Å². The Labute approximate surface area is 97.8 Å². The molecule has 0 heterocycles. The second-order valence-electron chi connectivity index (χ2n) is 3.41. The number of nitrogens with two attached hydrogens (primary N) is 1. The molecule has 0 fully saturated rings. The minimum atomic E-state index is -0.746. The molecular formula is C11H14F2N2O2. The molecule has 1 aromatic rings. The zero-order valence-electron chi connectivity index (χ0n) is 9.43. The molecule has 1 aromatic carbocycles. The predicted molar refractivity (Wildman–Crippen MR) is 59.8 cm³/mol. The monoisotopic (exact) mass is 244 g/mol. The molecule has 0 aliphatic rings. The van der Waals surface area contributed by atoms with Crippen LogP contribution in [0.2, 0.25) is 0 Å². The molecule has 1 rings (SSSR count). The quantitative estimate of drug-likeness (QED) is 0.827. The first-order chi connectivity index (χ1) is 8.08. The van der Waals surface area contributed by atoms with Crippen molar-refractivity contribution in [2.45, 2.75) is 12.8 Å². The van der Waals surface area contributed by atoms with E-state index in [1.807, 2.05) is 0 Å². The third kappa shape index (κ3) is 3.67. The lowest BCUT2D eigenvalue weighted by molar-refractivity contribution is -0.116.